The van der Waals surface area contributed by atoms with Gasteiger partial charge in [0.1, 0.15) is 0 Å². The molecular weight excluding hydrogens is 220 g/mol. The largest absolute Gasteiger partial charge is 0.345 e. The maximum Gasteiger partial charge on any atom is 0.236 e. The highest BCUT2D eigenvalue weighted by Gasteiger charge is 2.32. The van der Waals surface area contributed by atoms with E-state index in [4.69, 9.17) is 0 Å². The fraction of sp³-hybridized carbons (Fsp3) is 0.917. The van der Waals surface area contributed by atoms with Crippen LogP contribution in [0.1, 0.15) is 32.6 Å². The van der Waals surface area contributed by atoms with E-state index >= 15 is 0 Å². The van der Waals surface area contributed by atoms with E-state index in [0.29, 0.717) is 11.3 Å². The predicted octanol–water partition coefficient (Wildman–Crippen LogP) is 1.73. The summed E-state index contributed by atoms with van der Waals surface area (Å²) in [7, 11) is 1.85. The van der Waals surface area contributed by atoms with Crippen molar-refractivity contribution in [1.29, 1.82) is 0 Å². The fourth-order valence-corrected chi connectivity index (χ4v) is 3.12. The van der Waals surface area contributed by atoms with Crippen LogP contribution in [-0.2, 0) is 4.79 Å². The van der Waals surface area contributed by atoms with Gasteiger partial charge in [-0.3, -0.25) is 4.79 Å². The summed E-state index contributed by atoms with van der Waals surface area (Å²) < 4.78 is 0.394. The van der Waals surface area contributed by atoms with Gasteiger partial charge >= 0.3 is 0 Å². The van der Waals surface area contributed by atoms with Gasteiger partial charge in [0.2, 0.25) is 5.91 Å². The monoisotopic (exact) mass is 244 g/mol. The highest BCUT2D eigenvalue weighted by Crippen LogP contribution is 2.39. The second-order valence-corrected chi connectivity index (χ2v) is 5.88. The predicted molar refractivity (Wildman–Crippen MR) is 70.9 cm³/mol. The Labute approximate surface area is 103 Å². The second-order valence-electron chi connectivity index (χ2n) is 4.61. The fourth-order valence-electron chi connectivity index (χ4n) is 2.18. The summed E-state index contributed by atoms with van der Waals surface area (Å²) in [6.45, 7) is 4.23. The Balaban J connectivity index is 2.26. The SMILES string of the molecule is CCN(C)C(=O)CNCC1(SC)CCCC1. The molecule has 1 amide bonds. The number of hydrogen-bond donors (Lipinski definition) is 1. The Kier molecular flexibility index (Phi) is 5.62. The van der Waals surface area contributed by atoms with Crippen LogP contribution >= 0.6 is 11.8 Å². The Morgan fingerprint density at radius 2 is 2.06 bits per heavy atom. The molecule has 4 heteroatoms. The molecule has 0 heterocycles. The van der Waals surface area contributed by atoms with Crippen molar-refractivity contribution < 1.29 is 4.79 Å². The smallest absolute Gasteiger partial charge is 0.236 e. The van der Waals surface area contributed by atoms with Gasteiger partial charge < -0.3 is 10.2 Å². The zero-order valence-electron chi connectivity index (χ0n) is 10.7. The number of carbonyl (C=O) groups is 1. The van der Waals surface area contributed by atoms with Crippen LogP contribution in [0.25, 0.3) is 0 Å². The molecule has 0 spiro atoms. The molecule has 0 aromatic rings. The summed E-state index contributed by atoms with van der Waals surface area (Å²) in [5, 5.41) is 3.32. The minimum atomic E-state index is 0.191. The van der Waals surface area contributed by atoms with E-state index in [0.717, 1.165) is 13.1 Å². The minimum Gasteiger partial charge on any atom is -0.345 e. The molecule has 1 fully saturated rings. The number of nitrogens with one attached hydrogen (secondary N) is 1. The van der Waals surface area contributed by atoms with Gasteiger partial charge in [-0.1, -0.05) is 12.8 Å². The van der Waals surface area contributed by atoms with Crippen molar-refractivity contribution in [2.24, 2.45) is 0 Å². The van der Waals surface area contributed by atoms with Crippen molar-refractivity contribution in [2.45, 2.75) is 37.4 Å². The third-order valence-corrected chi connectivity index (χ3v) is 4.99. The molecule has 1 rings (SSSR count). The van der Waals surface area contributed by atoms with E-state index in [9.17, 15) is 4.79 Å². The minimum absolute atomic E-state index is 0.191. The zero-order valence-corrected chi connectivity index (χ0v) is 11.5. The Morgan fingerprint density at radius 1 is 1.44 bits per heavy atom. The van der Waals surface area contributed by atoms with Gasteiger partial charge in [0, 0.05) is 24.9 Å². The lowest BCUT2D eigenvalue weighted by Gasteiger charge is -2.27. The van der Waals surface area contributed by atoms with Crippen LogP contribution in [0.3, 0.4) is 0 Å². The first-order chi connectivity index (χ1) is 7.63. The number of amides is 1. The number of likely N-dealkylation sites (N-methyl/N-ethyl adjacent to an activating group) is 1. The quantitative estimate of drug-likeness (QED) is 0.772. The Bertz CT molecular complexity index is 227. The van der Waals surface area contributed by atoms with Crippen LogP contribution in [0.15, 0.2) is 0 Å². The molecule has 94 valence electrons. The van der Waals surface area contributed by atoms with Gasteiger partial charge in [-0.2, -0.15) is 11.8 Å². The maximum atomic E-state index is 11.6. The van der Waals surface area contributed by atoms with Crippen molar-refractivity contribution in [3.05, 3.63) is 0 Å². The molecule has 0 saturated heterocycles. The van der Waals surface area contributed by atoms with Gasteiger partial charge in [0.25, 0.3) is 0 Å². The van der Waals surface area contributed by atoms with Crippen LogP contribution < -0.4 is 5.32 Å². The molecule has 0 radical (unpaired) electrons. The van der Waals surface area contributed by atoms with Gasteiger partial charge in [0.05, 0.1) is 6.54 Å². The first kappa shape index (κ1) is 13.8. The molecule has 0 aromatic carbocycles. The highest BCUT2D eigenvalue weighted by atomic mass is 32.2. The van der Waals surface area contributed by atoms with E-state index in [-0.39, 0.29) is 5.91 Å². The molecule has 16 heavy (non-hydrogen) atoms. The third kappa shape index (κ3) is 3.67. The molecule has 0 aliphatic heterocycles. The van der Waals surface area contributed by atoms with Crippen LogP contribution in [0.4, 0.5) is 0 Å². The van der Waals surface area contributed by atoms with Gasteiger partial charge in [-0.05, 0) is 26.0 Å². The lowest BCUT2D eigenvalue weighted by molar-refractivity contribution is -0.128. The number of rotatable bonds is 6. The summed E-state index contributed by atoms with van der Waals surface area (Å²) in [5.74, 6) is 0.191. The van der Waals surface area contributed by atoms with E-state index in [1.807, 2.05) is 25.7 Å². The molecule has 1 aliphatic rings. The van der Waals surface area contributed by atoms with Gasteiger partial charge in [-0.25, -0.2) is 0 Å². The number of hydrogen-bond acceptors (Lipinski definition) is 3. The Morgan fingerprint density at radius 3 is 2.56 bits per heavy atom. The van der Waals surface area contributed by atoms with E-state index < -0.39 is 0 Å². The van der Waals surface area contributed by atoms with Crippen LogP contribution in [0, 0.1) is 0 Å². The average molecular weight is 244 g/mol. The summed E-state index contributed by atoms with van der Waals surface area (Å²) in [6.07, 6.45) is 7.45. The normalized spacial score (nSPS) is 18.7. The maximum absolute atomic E-state index is 11.6. The molecule has 1 N–H and O–H groups in total. The average Bonchev–Trinajstić information content (AvgIpc) is 2.77. The first-order valence-corrected chi connectivity index (χ1v) is 7.36. The molecule has 0 aromatic heterocycles. The van der Waals surface area contributed by atoms with Crippen molar-refractivity contribution in [3.63, 3.8) is 0 Å². The second kappa shape index (κ2) is 6.50. The number of carbonyl (C=O) groups excluding carboxylic acids is 1. The van der Waals surface area contributed by atoms with E-state index in [2.05, 4.69) is 11.6 Å². The van der Waals surface area contributed by atoms with Gasteiger partial charge in [-0.15, -0.1) is 0 Å². The van der Waals surface area contributed by atoms with Gasteiger partial charge in [0.15, 0.2) is 0 Å². The number of nitrogens with zero attached hydrogens (tertiary/aromatic N) is 1. The van der Waals surface area contributed by atoms with Crippen LogP contribution in [0.2, 0.25) is 0 Å². The molecule has 0 bridgehead atoms. The standard InChI is InChI=1S/C12H24N2OS/c1-4-14(2)11(15)9-13-10-12(16-3)7-5-6-8-12/h13H,4-10H2,1-3H3. The van der Waals surface area contributed by atoms with Crippen molar-refractivity contribution in [3.8, 4) is 0 Å². The molecule has 1 aliphatic carbocycles. The van der Waals surface area contributed by atoms with Crippen LogP contribution in [-0.4, -0.2) is 48.5 Å². The van der Waals surface area contributed by atoms with E-state index in [1.54, 1.807) is 4.90 Å². The molecule has 3 nitrogen and oxygen atoms in total. The summed E-state index contributed by atoms with van der Waals surface area (Å²) in [5.41, 5.74) is 0. The molecule has 0 unspecified atom stereocenters. The summed E-state index contributed by atoms with van der Waals surface area (Å²) >= 11 is 1.96. The topological polar surface area (TPSA) is 32.3 Å². The summed E-state index contributed by atoms with van der Waals surface area (Å²) in [4.78, 5) is 13.4. The number of thioether (sulfide) groups is 1. The molecular formula is C12H24N2OS. The van der Waals surface area contributed by atoms with Crippen molar-refractivity contribution in [2.75, 3.05) is 32.9 Å². The highest BCUT2D eigenvalue weighted by molar-refractivity contribution is 8.00. The zero-order chi connectivity index (χ0) is 12.0. The molecule has 1 saturated carbocycles. The van der Waals surface area contributed by atoms with Crippen LogP contribution in [0.5, 0.6) is 0 Å². The van der Waals surface area contributed by atoms with E-state index in [1.165, 1.54) is 25.7 Å². The lowest BCUT2D eigenvalue weighted by Crippen LogP contribution is -2.41. The third-order valence-electron chi connectivity index (χ3n) is 3.57. The van der Waals surface area contributed by atoms with Crippen molar-refractivity contribution in [1.82, 2.24) is 10.2 Å². The summed E-state index contributed by atoms with van der Waals surface area (Å²) in [6, 6.07) is 0. The Hall–Kier alpha value is -0.220. The molecule has 0 atom stereocenters. The first-order valence-electron chi connectivity index (χ1n) is 6.13. The van der Waals surface area contributed by atoms with Crippen molar-refractivity contribution >= 4 is 17.7 Å². The lowest BCUT2D eigenvalue weighted by atomic mass is 10.1.